The van der Waals surface area contributed by atoms with E-state index in [0.29, 0.717) is 23.7 Å². The second-order valence-corrected chi connectivity index (χ2v) is 6.01. The number of fused-ring (bicyclic) bond motifs is 1. The molecule has 0 aromatic heterocycles. The van der Waals surface area contributed by atoms with Gasteiger partial charge < -0.3 is 4.74 Å². The number of hydrogen-bond acceptors (Lipinski definition) is 3. The maximum absolute atomic E-state index is 13.7. The molecule has 102 valence electrons. The topological polar surface area (TPSA) is 26.3 Å². The molecule has 1 aliphatic heterocycles. The second-order valence-electron chi connectivity index (χ2n) is 4.67. The average molecular weight is 288 g/mol. The van der Waals surface area contributed by atoms with E-state index in [9.17, 15) is 9.18 Å². The van der Waals surface area contributed by atoms with Gasteiger partial charge in [-0.25, -0.2) is 4.39 Å². The van der Waals surface area contributed by atoms with Crippen LogP contribution in [0.4, 0.5) is 4.39 Å². The summed E-state index contributed by atoms with van der Waals surface area (Å²) < 4.78 is 19.2. The summed E-state index contributed by atoms with van der Waals surface area (Å²) in [4.78, 5) is 11.8. The van der Waals surface area contributed by atoms with Crippen LogP contribution in [0.3, 0.4) is 0 Å². The van der Waals surface area contributed by atoms with Crippen molar-refractivity contribution in [2.24, 2.45) is 0 Å². The fourth-order valence-corrected chi connectivity index (χ4v) is 3.46. The minimum atomic E-state index is -0.491. The van der Waals surface area contributed by atoms with Crippen molar-refractivity contribution in [3.8, 4) is 5.75 Å². The Balaban J connectivity index is 1.63. The third kappa shape index (κ3) is 2.70. The highest BCUT2D eigenvalue weighted by Crippen LogP contribution is 2.37. The number of aldehydes is 1. The van der Waals surface area contributed by atoms with E-state index in [1.165, 1.54) is 22.6 Å². The molecule has 3 rings (SSSR count). The largest absolute Gasteiger partial charge is 0.489 e. The fourth-order valence-electron chi connectivity index (χ4n) is 2.24. The van der Waals surface area contributed by atoms with Crippen molar-refractivity contribution >= 4 is 18.0 Å². The predicted molar refractivity (Wildman–Crippen MR) is 77.1 cm³/mol. The van der Waals surface area contributed by atoms with Crippen molar-refractivity contribution in [2.75, 3.05) is 6.61 Å². The summed E-state index contributed by atoms with van der Waals surface area (Å²) in [7, 11) is 0. The molecule has 2 nitrogen and oxygen atoms in total. The summed E-state index contributed by atoms with van der Waals surface area (Å²) in [6, 6.07) is 12.5. The number of carbonyl (C=O) groups is 1. The van der Waals surface area contributed by atoms with Crippen LogP contribution in [0.1, 0.15) is 15.9 Å². The summed E-state index contributed by atoms with van der Waals surface area (Å²) in [6.45, 7) is 0.455. The van der Waals surface area contributed by atoms with E-state index in [2.05, 4.69) is 12.1 Å². The molecule has 1 heterocycles. The van der Waals surface area contributed by atoms with Gasteiger partial charge in [0.25, 0.3) is 0 Å². The molecular formula is C16H13FO2S. The van der Waals surface area contributed by atoms with Gasteiger partial charge in [-0.3, -0.25) is 4.79 Å². The number of rotatable bonds is 4. The molecule has 0 bridgehead atoms. The molecular weight excluding hydrogens is 275 g/mol. The number of ether oxygens (including phenoxy) is 1. The van der Waals surface area contributed by atoms with Gasteiger partial charge >= 0.3 is 0 Å². The molecule has 0 fully saturated rings. The number of benzene rings is 2. The van der Waals surface area contributed by atoms with Gasteiger partial charge in [0.05, 0.1) is 0 Å². The van der Waals surface area contributed by atoms with Crippen molar-refractivity contribution in [1.82, 2.24) is 0 Å². The second kappa shape index (κ2) is 5.67. The number of thioether (sulfide) groups is 1. The van der Waals surface area contributed by atoms with Gasteiger partial charge in [-0.15, -0.1) is 11.8 Å². The van der Waals surface area contributed by atoms with Crippen molar-refractivity contribution in [2.45, 2.75) is 16.6 Å². The lowest BCUT2D eigenvalue weighted by atomic mass is 10.1. The van der Waals surface area contributed by atoms with Gasteiger partial charge in [0, 0.05) is 15.7 Å². The molecule has 4 heteroatoms. The third-order valence-electron chi connectivity index (χ3n) is 3.23. The van der Waals surface area contributed by atoms with Crippen LogP contribution in [0, 0.1) is 5.82 Å². The van der Waals surface area contributed by atoms with Crippen molar-refractivity contribution in [3.05, 3.63) is 59.4 Å². The maximum Gasteiger partial charge on any atom is 0.165 e. The zero-order chi connectivity index (χ0) is 13.9. The minimum Gasteiger partial charge on any atom is -0.489 e. The van der Waals surface area contributed by atoms with Crippen LogP contribution in [-0.4, -0.2) is 18.1 Å². The van der Waals surface area contributed by atoms with Gasteiger partial charge in [-0.05, 0) is 36.2 Å². The monoisotopic (exact) mass is 288 g/mol. The Morgan fingerprint density at radius 3 is 2.90 bits per heavy atom. The molecule has 1 atom stereocenters. The van der Waals surface area contributed by atoms with Crippen LogP contribution in [0.5, 0.6) is 5.75 Å². The highest BCUT2D eigenvalue weighted by atomic mass is 32.2. The molecule has 2 aromatic rings. The smallest absolute Gasteiger partial charge is 0.165 e. The van der Waals surface area contributed by atoms with Crippen LogP contribution < -0.4 is 4.74 Å². The molecule has 0 N–H and O–H groups in total. The zero-order valence-corrected chi connectivity index (χ0v) is 11.5. The normalized spacial score (nSPS) is 16.8. The first kappa shape index (κ1) is 13.2. The lowest BCUT2D eigenvalue weighted by molar-refractivity contribution is 0.112. The Morgan fingerprint density at radius 1 is 1.30 bits per heavy atom. The minimum absolute atomic E-state index is 0.201. The number of carbonyl (C=O) groups excluding carboxylic acids is 1. The standard InChI is InChI=1S/C16H13FO2S/c17-14-7-11(9-18)5-6-15(14)19-10-13-8-12-3-1-2-4-16(12)20-13/h1-7,9,13H,8,10H2. The van der Waals surface area contributed by atoms with Crippen molar-refractivity contribution < 1.29 is 13.9 Å². The lowest BCUT2D eigenvalue weighted by Gasteiger charge is -2.11. The number of hydrogen-bond donors (Lipinski definition) is 0. The molecule has 2 aromatic carbocycles. The van der Waals surface area contributed by atoms with E-state index in [-0.39, 0.29) is 5.75 Å². The Morgan fingerprint density at radius 2 is 2.15 bits per heavy atom. The SMILES string of the molecule is O=Cc1ccc(OCC2Cc3ccccc3S2)c(F)c1. The molecule has 0 spiro atoms. The van der Waals surface area contributed by atoms with Crippen LogP contribution in [-0.2, 0) is 6.42 Å². The van der Waals surface area contributed by atoms with Gasteiger partial charge in [0.2, 0.25) is 0 Å². The molecule has 1 unspecified atom stereocenters. The number of halogens is 1. The molecule has 0 aliphatic carbocycles. The Hall–Kier alpha value is -1.81. The van der Waals surface area contributed by atoms with Gasteiger partial charge in [0.1, 0.15) is 12.9 Å². The third-order valence-corrected chi connectivity index (χ3v) is 4.52. The lowest BCUT2D eigenvalue weighted by Crippen LogP contribution is -2.14. The van der Waals surface area contributed by atoms with Crippen LogP contribution >= 0.6 is 11.8 Å². The van der Waals surface area contributed by atoms with E-state index in [4.69, 9.17) is 4.74 Å². The predicted octanol–water partition coefficient (Wildman–Crippen LogP) is 3.73. The van der Waals surface area contributed by atoms with Crippen LogP contribution in [0.15, 0.2) is 47.4 Å². The van der Waals surface area contributed by atoms with Crippen LogP contribution in [0.2, 0.25) is 0 Å². The highest BCUT2D eigenvalue weighted by molar-refractivity contribution is 8.00. The highest BCUT2D eigenvalue weighted by Gasteiger charge is 2.22. The summed E-state index contributed by atoms with van der Waals surface area (Å²) in [6.07, 6.45) is 1.56. The Bertz CT molecular complexity index is 617. The summed E-state index contributed by atoms with van der Waals surface area (Å²) in [5, 5.41) is 0.303. The molecule has 0 saturated heterocycles. The summed E-state index contributed by atoms with van der Waals surface area (Å²) in [5.41, 5.74) is 1.64. The summed E-state index contributed by atoms with van der Waals surface area (Å²) >= 11 is 1.77. The molecule has 0 saturated carbocycles. The maximum atomic E-state index is 13.7. The van der Waals surface area contributed by atoms with E-state index >= 15 is 0 Å². The quantitative estimate of drug-likeness (QED) is 0.802. The first-order chi connectivity index (χ1) is 9.76. The van der Waals surface area contributed by atoms with Crippen molar-refractivity contribution in [3.63, 3.8) is 0 Å². The molecule has 0 amide bonds. The average Bonchev–Trinajstić information content (AvgIpc) is 2.88. The molecule has 0 radical (unpaired) electrons. The van der Waals surface area contributed by atoms with Gasteiger partial charge in [0.15, 0.2) is 11.6 Å². The van der Waals surface area contributed by atoms with E-state index in [0.717, 1.165) is 6.42 Å². The van der Waals surface area contributed by atoms with Crippen LogP contribution in [0.25, 0.3) is 0 Å². The van der Waals surface area contributed by atoms with Gasteiger partial charge in [-0.1, -0.05) is 18.2 Å². The zero-order valence-electron chi connectivity index (χ0n) is 10.7. The van der Waals surface area contributed by atoms with Gasteiger partial charge in [-0.2, -0.15) is 0 Å². The van der Waals surface area contributed by atoms with E-state index in [1.807, 2.05) is 12.1 Å². The first-order valence-corrected chi connectivity index (χ1v) is 7.26. The fraction of sp³-hybridized carbons (Fsp3) is 0.188. The Kier molecular flexibility index (Phi) is 3.74. The van der Waals surface area contributed by atoms with E-state index < -0.39 is 5.82 Å². The van der Waals surface area contributed by atoms with E-state index in [1.54, 1.807) is 17.8 Å². The molecule has 1 aliphatic rings. The first-order valence-electron chi connectivity index (χ1n) is 6.38. The summed E-state index contributed by atoms with van der Waals surface area (Å²) in [5.74, 6) is -0.290. The molecule has 20 heavy (non-hydrogen) atoms. The van der Waals surface area contributed by atoms with Crippen molar-refractivity contribution in [1.29, 1.82) is 0 Å². The Labute approximate surface area is 121 Å².